The fourth-order valence-corrected chi connectivity index (χ4v) is 4.25. The van der Waals surface area contributed by atoms with Gasteiger partial charge < -0.3 is 20.1 Å². The number of aliphatic carboxylic acids is 1. The highest BCUT2D eigenvalue weighted by Crippen LogP contribution is 2.44. The number of ether oxygens (including phenoxy) is 1. The molecule has 7 heteroatoms. The van der Waals surface area contributed by atoms with E-state index in [1.807, 2.05) is 31.2 Å². The molecule has 1 heterocycles. The Bertz CT molecular complexity index is 953. The van der Waals surface area contributed by atoms with Crippen LogP contribution in [0.5, 0.6) is 0 Å². The lowest BCUT2D eigenvalue weighted by Crippen LogP contribution is -2.53. The van der Waals surface area contributed by atoms with Gasteiger partial charge in [0.25, 0.3) is 0 Å². The Morgan fingerprint density at radius 2 is 1.65 bits per heavy atom. The molecule has 1 aliphatic carbocycles. The summed E-state index contributed by atoms with van der Waals surface area (Å²) in [7, 11) is 0. The lowest BCUT2D eigenvalue weighted by Gasteiger charge is -2.36. The van der Waals surface area contributed by atoms with Crippen LogP contribution in [0.15, 0.2) is 48.5 Å². The van der Waals surface area contributed by atoms with Gasteiger partial charge in [-0.15, -0.1) is 0 Å². The Balaban J connectivity index is 1.24. The van der Waals surface area contributed by atoms with E-state index in [0.717, 1.165) is 11.1 Å². The lowest BCUT2D eigenvalue weighted by atomic mass is 9.98. The number of nitrogens with zero attached hydrogens (tertiary/aromatic N) is 1. The number of likely N-dealkylation sites (tertiary alicyclic amines) is 1. The first-order chi connectivity index (χ1) is 14.9. The molecule has 1 saturated heterocycles. The maximum absolute atomic E-state index is 12.3. The van der Waals surface area contributed by atoms with E-state index in [4.69, 9.17) is 9.84 Å². The Labute approximate surface area is 181 Å². The van der Waals surface area contributed by atoms with Crippen LogP contribution in [-0.4, -0.2) is 53.7 Å². The normalized spacial score (nSPS) is 16.1. The van der Waals surface area contributed by atoms with E-state index in [9.17, 15) is 14.4 Å². The highest BCUT2D eigenvalue weighted by Gasteiger charge is 2.35. The molecule has 7 nitrogen and oxygen atoms in total. The van der Waals surface area contributed by atoms with Crippen molar-refractivity contribution >= 4 is 18.0 Å². The molecule has 0 saturated carbocycles. The van der Waals surface area contributed by atoms with Crippen LogP contribution in [-0.2, 0) is 14.3 Å². The van der Waals surface area contributed by atoms with Gasteiger partial charge in [0.2, 0.25) is 5.91 Å². The molecule has 2 aromatic carbocycles. The van der Waals surface area contributed by atoms with Gasteiger partial charge in [0.15, 0.2) is 0 Å². The van der Waals surface area contributed by atoms with E-state index in [0.29, 0.717) is 6.42 Å². The third kappa shape index (κ3) is 4.40. The van der Waals surface area contributed by atoms with Crippen molar-refractivity contribution in [2.45, 2.75) is 31.7 Å². The molecule has 2 N–H and O–H groups in total. The van der Waals surface area contributed by atoms with Gasteiger partial charge in [-0.25, -0.2) is 4.79 Å². The van der Waals surface area contributed by atoms with Gasteiger partial charge in [0.05, 0.1) is 5.92 Å². The van der Waals surface area contributed by atoms with E-state index >= 15 is 0 Å². The molecule has 2 amide bonds. The molecule has 0 radical (unpaired) electrons. The maximum Gasteiger partial charge on any atom is 0.407 e. The zero-order valence-electron chi connectivity index (χ0n) is 17.4. The second-order valence-corrected chi connectivity index (χ2v) is 8.24. The first kappa shape index (κ1) is 20.9. The van der Waals surface area contributed by atoms with Crippen molar-refractivity contribution in [1.29, 1.82) is 0 Å². The maximum atomic E-state index is 12.3. The summed E-state index contributed by atoms with van der Waals surface area (Å²) in [6.45, 7) is 2.60. The van der Waals surface area contributed by atoms with Gasteiger partial charge in [-0.2, -0.15) is 0 Å². The molecule has 2 aromatic rings. The van der Waals surface area contributed by atoms with Crippen LogP contribution in [0, 0.1) is 5.92 Å². The van der Waals surface area contributed by atoms with Crippen LogP contribution < -0.4 is 5.32 Å². The van der Waals surface area contributed by atoms with E-state index in [1.54, 1.807) is 4.90 Å². The minimum atomic E-state index is -0.866. The number of hydrogen-bond donors (Lipinski definition) is 2. The Morgan fingerprint density at radius 1 is 1.06 bits per heavy atom. The van der Waals surface area contributed by atoms with Crippen LogP contribution in [0.2, 0.25) is 0 Å². The highest BCUT2D eigenvalue weighted by atomic mass is 16.5. The van der Waals surface area contributed by atoms with Crippen molar-refractivity contribution in [3.05, 3.63) is 59.7 Å². The molecular formula is C24H26N2O5. The number of benzene rings is 2. The number of rotatable bonds is 7. The predicted octanol–water partition coefficient (Wildman–Crippen LogP) is 3.24. The quantitative estimate of drug-likeness (QED) is 0.714. The molecule has 31 heavy (non-hydrogen) atoms. The van der Waals surface area contributed by atoms with E-state index < -0.39 is 18.0 Å². The van der Waals surface area contributed by atoms with Crippen molar-refractivity contribution in [2.24, 2.45) is 5.92 Å². The van der Waals surface area contributed by atoms with E-state index in [2.05, 4.69) is 29.6 Å². The molecule has 162 valence electrons. The molecule has 1 fully saturated rings. The monoisotopic (exact) mass is 422 g/mol. The number of carboxylic acid groups (broad SMARTS) is 1. The van der Waals surface area contributed by atoms with Crippen LogP contribution >= 0.6 is 0 Å². The molecule has 1 unspecified atom stereocenters. The summed E-state index contributed by atoms with van der Waals surface area (Å²) in [5.74, 6) is -1.41. The number of carboxylic acids is 1. The molecule has 0 spiro atoms. The zero-order valence-corrected chi connectivity index (χ0v) is 17.4. The summed E-state index contributed by atoms with van der Waals surface area (Å²) < 4.78 is 5.53. The highest BCUT2D eigenvalue weighted by molar-refractivity contribution is 5.81. The third-order valence-electron chi connectivity index (χ3n) is 6.08. The van der Waals surface area contributed by atoms with Crippen molar-refractivity contribution < 1.29 is 24.2 Å². The first-order valence-corrected chi connectivity index (χ1v) is 10.6. The number of alkyl carbamates (subject to hydrolysis) is 1. The van der Waals surface area contributed by atoms with Gasteiger partial charge in [0, 0.05) is 31.5 Å². The number of carbonyl (C=O) groups is 3. The average Bonchev–Trinajstić information content (AvgIpc) is 3.03. The topological polar surface area (TPSA) is 95.9 Å². The number of hydrogen-bond acceptors (Lipinski definition) is 4. The molecule has 2 aliphatic rings. The standard InChI is InChI=1S/C24H26N2O5/c1-15(10-11-22(27)26-12-16(13-26)23(28)29)25-24(30)31-14-21-19-8-4-2-6-17(19)18-7-3-5-9-20(18)21/h2-9,15-16,21H,10-14H2,1H3,(H,25,30)(H,28,29). The van der Waals surface area contributed by atoms with Gasteiger partial charge in [-0.05, 0) is 35.6 Å². The summed E-state index contributed by atoms with van der Waals surface area (Å²) in [4.78, 5) is 36.8. The SMILES string of the molecule is CC(CCC(=O)N1CC(C(=O)O)C1)NC(=O)OCC1c2ccccc2-c2ccccc21. The van der Waals surface area contributed by atoms with Gasteiger partial charge in [-0.3, -0.25) is 9.59 Å². The fourth-order valence-electron chi connectivity index (χ4n) is 4.25. The summed E-state index contributed by atoms with van der Waals surface area (Å²) in [6, 6.07) is 16.1. The largest absolute Gasteiger partial charge is 0.481 e. The van der Waals surface area contributed by atoms with Gasteiger partial charge in [0.1, 0.15) is 6.61 Å². The van der Waals surface area contributed by atoms with E-state index in [-0.39, 0.29) is 44.0 Å². The lowest BCUT2D eigenvalue weighted by molar-refractivity contribution is -0.152. The Morgan fingerprint density at radius 3 is 2.23 bits per heavy atom. The summed E-state index contributed by atoms with van der Waals surface area (Å²) >= 11 is 0. The van der Waals surface area contributed by atoms with Crippen LogP contribution in [0.4, 0.5) is 4.79 Å². The first-order valence-electron chi connectivity index (χ1n) is 10.6. The van der Waals surface area contributed by atoms with Crippen molar-refractivity contribution in [2.75, 3.05) is 19.7 Å². The number of fused-ring (bicyclic) bond motifs is 3. The fraction of sp³-hybridized carbons (Fsp3) is 0.375. The smallest absolute Gasteiger partial charge is 0.407 e. The number of nitrogens with one attached hydrogen (secondary N) is 1. The molecule has 4 rings (SSSR count). The third-order valence-corrected chi connectivity index (χ3v) is 6.08. The predicted molar refractivity (Wildman–Crippen MR) is 115 cm³/mol. The minimum absolute atomic E-state index is 0.00336. The molecule has 0 bridgehead atoms. The Hall–Kier alpha value is -3.35. The van der Waals surface area contributed by atoms with Crippen LogP contribution in [0.25, 0.3) is 11.1 Å². The Kier molecular flexibility index (Phi) is 5.93. The van der Waals surface area contributed by atoms with Gasteiger partial charge in [-0.1, -0.05) is 48.5 Å². The summed E-state index contributed by atoms with van der Waals surface area (Å²) in [5, 5.41) is 11.7. The van der Waals surface area contributed by atoms with Crippen molar-refractivity contribution in [1.82, 2.24) is 10.2 Å². The number of carbonyl (C=O) groups excluding carboxylic acids is 2. The second kappa shape index (κ2) is 8.79. The molecular weight excluding hydrogens is 396 g/mol. The van der Waals surface area contributed by atoms with Crippen molar-refractivity contribution in [3.8, 4) is 11.1 Å². The van der Waals surface area contributed by atoms with E-state index in [1.165, 1.54) is 11.1 Å². The summed E-state index contributed by atoms with van der Waals surface area (Å²) in [5.41, 5.74) is 4.67. The zero-order chi connectivity index (χ0) is 22.0. The summed E-state index contributed by atoms with van der Waals surface area (Å²) in [6.07, 6.45) is 0.228. The molecule has 0 aromatic heterocycles. The minimum Gasteiger partial charge on any atom is -0.481 e. The second-order valence-electron chi connectivity index (χ2n) is 8.24. The van der Waals surface area contributed by atoms with Crippen molar-refractivity contribution in [3.63, 3.8) is 0 Å². The van der Waals surface area contributed by atoms with Gasteiger partial charge >= 0.3 is 12.1 Å². The van der Waals surface area contributed by atoms with Crippen LogP contribution in [0.1, 0.15) is 36.8 Å². The number of amides is 2. The molecule has 1 aliphatic heterocycles. The molecule has 1 atom stereocenters. The average molecular weight is 422 g/mol. The van der Waals surface area contributed by atoms with Crippen LogP contribution in [0.3, 0.4) is 0 Å².